The molecular formula is C24H32IN3O4. The Morgan fingerprint density at radius 1 is 1.00 bits per heavy atom. The molecule has 8 heteroatoms. The molecular weight excluding hydrogens is 521 g/mol. The van der Waals surface area contributed by atoms with Crippen molar-refractivity contribution < 1.29 is 18.9 Å². The van der Waals surface area contributed by atoms with E-state index in [1.165, 1.54) is 11.1 Å². The third kappa shape index (κ3) is 7.25. The zero-order valence-electron chi connectivity index (χ0n) is 18.5. The summed E-state index contributed by atoms with van der Waals surface area (Å²) in [6, 6.07) is 14.3. The molecule has 0 saturated carbocycles. The number of fused-ring (bicyclic) bond motifs is 1. The van der Waals surface area contributed by atoms with Crippen LogP contribution in [0.4, 0.5) is 5.69 Å². The highest BCUT2D eigenvalue weighted by Crippen LogP contribution is 2.32. The Balaban J connectivity index is 0.00000289. The number of hydrogen-bond acceptors (Lipinski definition) is 5. The average molecular weight is 553 g/mol. The lowest BCUT2D eigenvalue weighted by Gasteiger charge is -2.22. The summed E-state index contributed by atoms with van der Waals surface area (Å²) in [5.41, 5.74) is 3.25. The summed E-state index contributed by atoms with van der Waals surface area (Å²) >= 11 is 0. The van der Waals surface area contributed by atoms with Gasteiger partial charge in [0.15, 0.2) is 17.5 Å². The van der Waals surface area contributed by atoms with Crippen LogP contribution in [-0.2, 0) is 22.6 Å². The first kappa shape index (κ1) is 24.6. The van der Waals surface area contributed by atoms with E-state index in [4.69, 9.17) is 18.9 Å². The van der Waals surface area contributed by atoms with Gasteiger partial charge in [0.1, 0.15) is 0 Å². The maximum absolute atomic E-state index is 6.05. The van der Waals surface area contributed by atoms with Crippen LogP contribution in [0.2, 0.25) is 0 Å². The number of halogens is 1. The van der Waals surface area contributed by atoms with Crippen molar-refractivity contribution in [1.82, 2.24) is 5.32 Å². The summed E-state index contributed by atoms with van der Waals surface area (Å²) in [5.74, 6) is 2.24. The van der Waals surface area contributed by atoms with Crippen molar-refractivity contribution in [3.8, 4) is 11.5 Å². The van der Waals surface area contributed by atoms with Crippen molar-refractivity contribution in [2.24, 2.45) is 4.99 Å². The maximum atomic E-state index is 6.05. The number of nitrogens with zero attached hydrogens (tertiary/aromatic N) is 1. The molecule has 0 spiro atoms. The Bertz CT molecular complexity index is 887. The van der Waals surface area contributed by atoms with Gasteiger partial charge in [0, 0.05) is 45.0 Å². The molecule has 1 fully saturated rings. The second-order valence-corrected chi connectivity index (χ2v) is 7.71. The fourth-order valence-electron chi connectivity index (χ4n) is 3.63. The van der Waals surface area contributed by atoms with Gasteiger partial charge in [-0.1, -0.05) is 24.3 Å². The highest BCUT2D eigenvalue weighted by Gasteiger charge is 2.14. The molecule has 2 aromatic rings. The Morgan fingerprint density at radius 3 is 2.59 bits per heavy atom. The fraction of sp³-hybridized carbons (Fsp3) is 0.458. The molecule has 2 N–H and O–H groups in total. The topological polar surface area (TPSA) is 73.3 Å². The lowest BCUT2D eigenvalue weighted by molar-refractivity contribution is -0.0390. The van der Waals surface area contributed by atoms with Crippen LogP contribution in [0.25, 0.3) is 0 Å². The summed E-state index contributed by atoms with van der Waals surface area (Å²) in [4.78, 5) is 4.33. The number of benzene rings is 2. The number of guanidine groups is 1. The highest BCUT2D eigenvalue weighted by molar-refractivity contribution is 14.0. The molecule has 174 valence electrons. The maximum Gasteiger partial charge on any atom is 0.195 e. The second kappa shape index (κ2) is 12.9. The van der Waals surface area contributed by atoms with Crippen molar-refractivity contribution in [3.05, 3.63) is 53.6 Å². The van der Waals surface area contributed by atoms with Crippen molar-refractivity contribution >= 4 is 35.6 Å². The molecule has 2 aliphatic heterocycles. The SMILES string of the molecule is CN=C(NCc1cccc(COC2CCOCC2)c1)Nc1ccc2c(c1)OCCCO2.I. The molecule has 0 unspecified atom stereocenters. The number of hydrogen-bond donors (Lipinski definition) is 2. The van der Waals surface area contributed by atoms with Gasteiger partial charge in [-0.05, 0) is 36.1 Å². The van der Waals surface area contributed by atoms with Crippen LogP contribution >= 0.6 is 24.0 Å². The predicted molar refractivity (Wildman–Crippen MR) is 136 cm³/mol. The molecule has 0 bridgehead atoms. The van der Waals surface area contributed by atoms with E-state index in [9.17, 15) is 0 Å². The quantitative estimate of drug-likeness (QED) is 0.315. The number of aliphatic imine (C=N–C) groups is 1. The smallest absolute Gasteiger partial charge is 0.195 e. The van der Waals surface area contributed by atoms with Gasteiger partial charge >= 0.3 is 0 Å². The van der Waals surface area contributed by atoms with Crippen LogP contribution < -0.4 is 20.1 Å². The Morgan fingerprint density at radius 2 is 1.78 bits per heavy atom. The van der Waals surface area contributed by atoms with Crippen LogP contribution in [0.5, 0.6) is 11.5 Å². The second-order valence-electron chi connectivity index (χ2n) is 7.71. The van der Waals surface area contributed by atoms with Gasteiger partial charge in [0.25, 0.3) is 0 Å². The summed E-state index contributed by atoms with van der Waals surface area (Å²) < 4.78 is 22.9. The molecule has 0 atom stereocenters. The Labute approximate surface area is 206 Å². The molecule has 0 amide bonds. The number of rotatable bonds is 6. The van der Waals surface area contributed by atoms with Gasteiger partial charge in [-0.25, -0.2) is 0 Å². The van der Waals surface area contributed by atoms with Gasteiger partial charge in [-0.2, -0.15) is 0 Å². The summed E-state index contributed by atoms with van der Waals surface area (Å²) in [6.07, 6.45) is 3.14. The van der Waals surface area contributed by atoms with Crippen LogP contribution in [0.3, 0.4) is 0 Å². The Kier molecular flexibility index (Phi) is 9.89. The first-order chi connectivity index (χ1) is 15.3. The zero-order chi connectivity index (χ0) is 21.3. The van der Waals surface area contributed by atoms with Gasteiger partial charge in [-0.3, -0.25) is 4.99 Å². The van der Waals surface area contributed by atoms with E-state index in [0.29, 0.717) is 38.4 Å². The summed E-state index contributed by atoms with van der Waals surface area (Å²) in [6.45, 7) is 4.23. The first-order valence-electron chi connectivity index (χ1n) is 10.9. The zero-order valence-corrected chi connectivity index (χ0v) is 20.8. The van der Waals surface area contributed by atoms with Crippen molar-refractivity contribution in [2.75, 3.05) is 38.8 Å². The molecule has 2 aromatic carbocycles. The van der Waals surface area contributed by atoms with Crippen LogP contribution in [0.1, 0.15) is 30.4 Å². The average Bonchev–Trinajstić information content (AvgIpc) is 3.06. The van der Waals surface area contributed by atoms with E-state index < -0.39 is 0 Å². The molecule has 0 aliphatic carbocycles. The van der Waals surface area contributed by atoms with Gasteiger partial charge in [-0.15, -0.1) is 24.0 Å². The fourth-order valence-corrected chi connectivity index (χ4v) is 3.63. The standard InChI is InChI=1S/C24H31N3O4.HI/c1-25-24(27-20-6-7-22-23(15-20)30-11-3-10-29-22)26-16-18-4-2-5-19(14-18)17-31-21-8-12-28-13-9-21;/h2,4-7,14-15,21H,3,8-13,16-17H2,1H3,(H2,25,26,27);1H. The van der Waals surface area contributed by atoms with E-state index in [2.05, 4.69) is 39.9 Å². The molecule has 0 aromatic heterocycles. The molecule has 2 heterocycles. The van der Waals surface area contributed by atoms with Gasteiger partial charge in [0.2, 0.25) is 0 Å². The minimum absolute atomic E-state index is 0. The summed E-state index contributed by atoms with van der Waals surface area (Å²) in [5, 5.41) is 6.69. The highest BCUT2D eigenvalue weighted by atomic mass is 127. The van der Waals surface area contributed by atoms with E-state index in [0.717, 1.165) is 49.7 Å². The minimum atomic E-state index is 0. The van der Waals surface area contributed by atoms with Crippen LogP contribution in [-0.4, -0.2) is 45.5 Å². The summed E-state index contributed by atoms with van der Waals surface area (Å²) in [7, 11) is 1.76. The van der Waals surface area contributed by atoms with E-state index >= 15 is 0 Å². The molecule has 1 saturated heterocycles. The van der Waals surface area contributed by atoms with Crippen molar-refractivity contribution in [1.29, 1.82) is 0 Å². The van der Waals surface area contributed by atoms with E-state index in [1.54, 1.807) is 7.05 Å². The monoisotopic (exact) mass is 553 g/mol. The largest absolute Gasteiger partial charge is 0.490 e. The van der Waals surface area contributed by atoms with Crippen molar-refractivity contribution in [3.63, 3.8) is 0 Å². The van der Waals surface area contributed by atoms with E-state index in [-0.39, 0.29) is 24.0 Å². The number of ether oxygens (including phenoxy) is 4. The lowest BCUT2D eigenvalue weighted by atomic mass is 10.1. The molecule has 4 rings (SSSR count). The van der Waals surface area contributed by atoms with Gasteiger partial charge in [0.05, 0.1) is 25.9 Å². The third-order valence-electron chi connectivity index (χ3n) is 5.34. The normalized spacial score (nSPS) is 16.6. The van der Waals surface area contributed by atoms with Crippen LogP contribution in [0.15, 0.2) is 47.5 Å². The third-order valence-corrected chi connectivity index (χ3v) is 5.34. The molecule has 0 radical (unpaired) electrons. The van der Waals surface area contributed by atoms with Gasteiger partial charge < -0.3 is 29.6 Å². The molecule has 2 aliphatic rings. The lowest BCUT2D eigenvalue weighted by Crippen LogP contribution is -2.30. The predicted octanol–water partition coefficient (Wildman–Crippen LogP) is 4.35. The molecule has 32 heavy (non-hydrogen) atoms. The minimum Gasteiger partial charge on any atom is -0.490 e. The Hall–Kier alpha value is -2.04. The first-order valence-corrected chi connectivity index (χ1v) is 10.9. The number of nitrogens with one attached hydrogen (secondary N) is 2. The molecule has 7 nitrogen and oxygen atoms in total. The number of anilines is 1. The van der Waals surface area contributed by atoms with E-state index in [1.807, 2.05) is 18.2 Å². The van der Waals surface area contributed by atoms with Crippen molar-refractivity contribution in [2.45, 2.75) is 38.5 Å². The van der Waals surface area contributed by atoms with Crippen LogP contribution in [0, 0.1) is 0 Å².